The fourth-order valence-corrected chi connectivity index (χ4v) is 2.54. The summed E-state index contributed by atoms with van der Waals surface area (Å²) in [5, 5.41) is 11.4. The van der Waals surface area contributed by atoms with Gasteiger partial charge in [-0.2, -0.15) is 0 Å². The molecule has 2 aliphatic heterocycles. The number of rotatable bonds is 5. The molecular weight excluding hydrogens is 264 g/mol. The zero-order valence-electron chi connectivity index (χ0n) is 11.3. The van der Waals surface area contributed by atoms with Crippen molar-refractivity contribution in [2.24, 2.45) is 0 Å². The van der Waals surface area contributed by atoms with Crippen LogP contribution < -0.4 is 5.32 Å². The number of carbonyl (C=O) groups excluding carboxylic acids is 2. The standard InChI is InChI=1S/C13H20N2O5/c16-11(15-7-1-2-8-15)5-6-14-12(17)9-3-4-10(20-9)13(18)19/h9-10H,1-8H2,(H,14,17)(H,18,19). The van der Waals surface area contributed by atoms with Gasteiger partial charge in [0.1, 0.15) is 6.10 Å². The molecule has 0 saturated carbocycles. The number of ether oxygens (including phenoxy) is 1. The lowest BCUT2D eigenvalue weighted by molar-refractivity contribution is -0.151. The van der Waals surface area contributed by atoms with Gasteiger partial charge in [-0.25, -0.2) is 4.79 Å². The van der Waals surface area contributed by atoms with E-state index in [9.17, 15) is 14.4 Å². The maximum Gasteiger partial charge on any atom is 0.332 e. The highest BCUT2D eigenvalue weighted by Crippen LogP contribution is 2.19. The summed E-state index contributed by atoms with van der Waals surface area (Å²) in [6, 6.07) is 0. The van der Waals surface area contributed by atoms with Crippen molar-refractivity contribution in [3.63, 3.8) is 0 Å². The fourth-order valence-electron chi connectivity index (χ4n) is 2.54. The number of amides is 2. The highest BCUT2D eigenvalue weighted by molar-refractivity contribution is 5.83. The Bertz CT molecular complexity index is 392. The number of carboxylic acids is 1. The van der Waals surface area contributed by atoms with Crippen molar-refractivity contribution >= 4 is 17.8 Å². The van der Waals surface area contributed by atoms with E-state index in [-0.39, 0.29) is 24.8 Å². The molecule has 2 fully saturated rings. The third-order valence-corrected chi connectivity index (χ3v) is 3.68. The summed E-state index contributed by atoms with van der Waals surface area (Å²) < 4.78 is 5.14. The minimum absolute atomic E-state index is 0.0542. The van der Waals surface area contributed by atoms with Crippen molar-refractivity contribution in [2.45, 2.75) is 44.3 Å². The predicted octanol–water partition coefficient (Wildman–Crippen LogP) is -0.253. The minimum atomic E-state index is -1.04. The fraction of sp³-hybridized carbons (Fsp3) is 0.769. The maximum atomic E-state index is 11.8. The summed E-state index contributed by atoms with van der Waals surface area (Å²) in [4.78, 5) is 36.0. The number of hydrogen-bond donors (Lipinski definition) is 2. The number of carbonyl (C=O) groups is 3. The van der Waals surface area contributed by atoms with Gasteiger partial charge in [0.2, 0.25) is 11.8 Å². The second-order valence-corrected chi connectivity index (χ2v) is 5.16. The Morgan fingerprint density at radius 1 is 1.15 bits per heavy atom. The Kier molecular flexibility index (Phi) is 4.94. The molecule has 0 spiro atoms. The molecule has 2 heterocycles. The first-order chi connectivity index (χ1) is 9.58. The van der Waals surface area contributed by atoms with Gasteiger partial charge in [0.05, 0.1) is 0 Å². The van der Waals surface area contributed by atoms with Gasteiger partial charge in [0, 0.05) is 26.1 Å². The monoisotopic (exact) mass is 284 g/mol. The van der Waals surface area contributed by atoms with Crippen molar-refractivity contribution in [3.8, 4) is 0 Å². The van der Waals surface area contributed by atoms with Crippen LogP contribution in [0.2, 0.25) is 0 Å². The molecule has 0 radical (unpaired) electrons. The van der Waals surface area contributed by atoms with Crippen LogP contribution in [0.5, 0.6) is 0 Å². The molecule has 0 aromatic heterocycles. The average Bonchev–Trinajstić information content (AvgIpc) is 3.09. The van der Waals surface area contributed by atoms with E-state index in [1.54, 1.807) is 4.90 Å². The second kappa shape index (κ2) is 6.69. The van der Waals surface area contributed by atoms with E-state index in [2.05, 4.69) is 5.32 Å². The lowest BCUT2D eigenvalue weighted by atomic mass is 10.2. The normalized spacial score (nSPS) is 25.7. The van der Waals surface area contributed by atoms with E-state index in [0.29, 0.717) is 12.8 Å². The van der Waals surface area contributed by atoms with E-state index < -0.39 is 18.2 Å². The third-order valence-electron chi connectivity index (χ3n) is 3.68. The molecule has 2 saturated heterocycles. The first-order valence-corrected chi connectivity index (χ1v) is 7.01. The van der Waals surface area contributed by atoms with E-state index >= 15 is 0 Å². The molecule has 0 aliphatic carbocycles. The molecule has 2 unspecified atom stereocenters. The van der Waals surface area contributed by atoms with Gasteiger partial charge in [-0.05, 0) is 25.7 Å². The van der Waals surface area contributed by atoms with Gasteiger partial charge in [0.15, 0.2) is 6.10 Å². The maximum absolute atomic E-state index is 11.8. The number of aliphatic carboxylic acids is 1. The van der Waals surface area contributed by atoms with Crippen LogP contribution in [0.1, 0.15) is 32.1 Å². The molecule has 2 amide bonds. The van der Waals surface area contributed by atoms with Crippen LogP contribution in [0.25, 0.3) is 0 Å². The minimum Gasteiger partial charge on any atom is -0.479 e. The van der Waals surface area contributed by atoms with Gasteiger partial charge >= 0.3 is 5.97 Å². The molecule has 7 heteroatoms. The van der Waals surface area contributed by atoms with Crippen LogP contribution in [-0.2, 0) is 19.1 Å². The largest absolute Gasteiger partial charge is 0.479 e. The molecule has 0 aromatic carbocycles. The molecule has 2 N–H and O–H groups in total. The summed E-state index contributed by atoms with van der Waals surface area (Å²) in [6.07, 6.45) is 1.52. The Morgan fingerprint density at radius 2 is 1.80 bits per heavy atom. The summed E-state index contributed by atoms with van der Waals surface area (Å²) in [7, 11) is 0. The van der Waals surface area contributed by atoms with E-state index in [1.165, 1.54) is 0 Å². The van der Waals surface area contributed by atoms with Gasteiger partial charge in [-0.1, -0.05) is 0 Å². The lowest BCUT2D eigenvalue weighted by Gasteiger charge is -2.16. The zero-order valence-corrected chi connectivity index (χ0v) is 11.3. The highest BCUT2D eigenvalue weighted by Gasteiger charge is 2.34. The molecule has 2 atom stereocenters. The third kappa shape index (κ3) is 3.69. The Morgan fingerprint density at radius 3 is 2.40 bits per heavy atom. The van der Waals surface area contributed by atoms with Crippen molar-refractivity contribution in [1.29, 1.82) is 0 Å². The van der Waals surface area contributed by atoms with Gasteiger partial charge < -0.3 is 20.1 Å². The van der Waals surface area contributed by atoms with Gasteiger partial charge in [0.25, 0.3) is 0 Å². The van der Waals surface area contributed by atoms with Crippen molar-refractivity contribution in [3.05, 3.63) is 0 Å². The summed E-state index contributed by atoms with van der Waals surface area (Å²) in [5.41, 5.74) is 0. The molecule has 0 bridgehead atoms. The first kappa shape index (κ1) is 14.8. The summed E-state index contributed by atoms with van der Waals surface area (Å²) in [5.74, 6) is -1.31. The molecular formula is C13H20N2O5. The molecule has 0 aromatic rings. The number of nitrogens with one attached hydrogen (secondary N) is 1. The lowest BCUT2D eigenvalue weighted by Crippen LogP contribution is -2.38. The van der Waals surface area contributed by atoms with Crippen LogP contribution in [-0.4, -0.2) is 59.6 Å². The molecule has 2 rings (SSSR count). The molecule has 2 aliphatic rings. The highest BCUT2D eigenvalue weighted by atomic mass is 16.5. The second-order valence-electron chi connectivity index (χ2n) is 5.16. The van der Waals surface area contributed by atoms with Crippen LogP contribution in [0.3, 0.4) is 0 Å². The zero-order chi connectivity index (χ0) is 14.5. The Hall–Kier alpha value is -1.63. The van der Waals surface area contributed by atoms with Crippen LogP contribution in [0.15, 0.2) is 0 Å². The average molecular weight is 284 g/mol. The molecule has 112 valence electrons. The number of nitrogens with zero attached hydrogens (tertiary/aromatic N) is 1. The van der Waals surface area contributed by atoms with E-state index in [1.807, 2.05) is 0 Å². The quantitative estimate of drug-likeness (QED) is 0.725. The number of likely N-dealkylation sites (tertiary alicyclic amines) is 1. The summed E-state index contributed by atoms with van der Waals surface area (Å²) in [6.45, 7) is 1.88. The SMILES string of the molecule is O=C(O)C1CCC(C(=O)NCCC(=O)N2CCCC2)O1. The predicted molar refractivity (Wildman–Crippen MR) is 69.0 cm³/mol. The Labute approximate surface area is 117 Å². The topological polar surface area (TPSA) is 95.9 Å². The van der Waals surface area contributed by atoms with Crippen molar-refractivity contribution in [2.75, 3.05) is 19.6 Å². The smallest absolute Gasteiger partial charge is 0.332 e. The van der Waals surface area contributed by atoms with E-state index in [0.717, 1.165) is 25.9 Å². The van der Waals surface area contributed by atoms with Gasteiger partial charge in [-0.3, -0.25) is 9.59 Å². The first-order valence-electron chi connectivity index (χ1n) is 7.01. The number of hydrogen-bond acceptors (Lipinski definition) is 4. The van der Waals surface area contributed by atoms with Crippen LogP contribution in [0, 0.1) is 0 Å². The van der Waals surface area contributed by atoms with Crippen molar-refractivity contribution in [1.82, 2.24) is 10.2 Å². The molecule has 7 nitrogen and oxygen atoms in total. The number of carboxylic acid groups (broad SMARTS) is 1. The van der Waals surface area contributed by atoms with Crippen molar-refractivity contribution < 1.29 is 24.2 Å². The summed E-state index contributed by atoms with van der Waals surface area (Å²) >= 11 is 0. The molecule has 20 heavy (non-hydrogen) atoms. The van der Waals surface area contributed by atoms with Gasteiger partial charge in [-0.15, -0.1) is 0 Å². The van der Waals surface area contributed by atoms with Crippen LogP contribution in [0.4, 0.5) is 0 Å². The Balaban J connectivity index is 1.65. The van der Waals surface area contributed by atoms with E-state index in [4.69, 9.17) is 9.84 Å². The van der Waals surface area contributed by atoms with Crippen LogP contribution >= 0.6 is 0 Å².